The first-order valence-electron chi connectivity index (χ1n) is 8.66. The fraction of sp³-hybridized carbons (Fsp3) is 0.882. The summed E-state index contributed by atoms with van der Waals surface area (Å²) in [6, 6.07) is 0.313. The van der Waals surface area contributed by atoms with Gasteiger partial charge in [0, 0.05) is 19.1 Å². The Morgan fingerprint density at radius 1 is 1.35 bits per heavy atom. The first-order chi connectivity index (χ1) is 10.7. The normalized spacial score (nSPS) is 24.6. The van der Waals surface area contributed by atoms with E-state index in [1.54, 1.807) is 4.90 Å². The first kappa shape index (κ1) is 17.9. The smallest absolute Gasteiger partial charge is 0.410 e. The average molecular weight is 326 g/mol. The summed E-state index contributed by atoms with van der Waals surface area (Å²) >= 11 is 0. The molecule has 0 aromatic rings. The lowest BCUT2D eigenvalue weighted by Crippen LogP contribution is -2.51. The van der Waals surface area contributed by atoms with Gasteiger partial charge in [0.05, 0.1) is 6.04 Å². The van der Waals surface area contributed by atoms with Gasteiger partial charge in [0.1, 0.15) is 12.2 Å². The highest BCUT2D eigenvalue weighted by atomic mass is 16.6. The van der Waals surface area contributed by atoms with Crippen LogP contribution in [-0.2, 0) is 9.47 Å². The number of nitrogens with zero attached hydrogens (tertiary/aromatic N) is 2. The zero-order valence-electron chi connectivity index (χ0n) is 15.0. The Labute approximate surface area is 139 Å². The van der Waals surface area contributed by atoms with Crippen LogP contribution >= 0.6 is 0 Å². The fourth-order valence-electron chi connectivity index (χ4n) is 3.23. The van der Waals surface area contributed by atoms with Crippen molar-refractivity contribution >= 4 is 12.2 Å². The number of hydrogen-bond acceptors (Lipinski definition) is 4. The third kappa shape index (κ3) is 4.30. The minimum Gasteiger partial charge on any atom is -0.447 e. The van der Waals surface area contributed by atoms with Crippen molar-refractivity contribution in [2.45, 2.75) is 71.6 Å². The second-order valence-electron chi connectivity index (χ2n) is 7.64. The largest absolute Gasteiger partial charge is 0.447 e. The predicted molar refractivity (Wildman–Crippen MR) is 87.3 cm³/mol. The van der Waals surface area contributed by atoms with Gasteiger partial charge >= 0.3 is 12.2 Å². The number of carbonyl (C=O) groups is 2. The van der Waals surface area contributed by atoms with E-state index >= 15 is 0 Å². The van der Waals surface area contributed by atoms with E-state index in [0.717, 1.165) is 19.3 Å². The molecule has 2 rings (SSSR count). The predicted octanol–water partition coefficient (Wildman–Crippen LogP) is 3.25. The number of cyclic esters (lactones) is 1. The molecule has 0 N–H and O–H groups in total. The van der Waals surface area contributed by atoms with Crippen molar-refractivity contribution < 1.29 is 19.1 Å². The van der Waals surface area contributed by atoms with E-state index in [9.17, 15) is 9.59 Å². The second kappa shape index (κ2) is 6.97. The highest BCUT2D eigenvalue weighted by Gasteiger charge is 2.42. The fourth-order valence-corrected chi connectivity index (χ4v) is 3.23. The molecule has 0 bridgehead atoms. The van der Waals surface area contributed by atoms with Crippen LogP contribution < -0.4 is 0 Å². The molecule has 0 radical (unpaired) electrons. The van der Waals surface area contributed by atoms with Gasteiger partial charge < -0.3 is 14.4 Å². The Hall–Kier alpha value is -1.46. The number of ether oxygens (including phenoxy) is 2. The molecular formula is C17H30N2O4. The van der Waals surface area contributed by atoms with Gasteiger partial charge in [-0.15, -0.1) is 0 Å². The topological polar surface area (TPSA) is 59.1 Å². The van der Waals surface area contributed by atoms with Gasteiger partial charge in [-0.25, -0.2) is 9.59 Å². The van der Waals surface area contributed by atoms with Crippen LogP contribution in [0.5, 0.6) is 0 Å². The molecule has 0 aromatic carbocycles. The lowest BCUT2D eigenvalue weighted by molar-refractivity contribution is 0.0148. The van der Waals surface area contributed by atoms with E-state index in [-0.39, 0.29) is 24.3 Å². The van der Waals surface area contributed by atoms with E-state index in [2.05, 4.69) is 13.8 Å². The van der Waals surface area contributed by atoms with Crippen LogP contribution in [0.25, 0.3) is 0 Å². The first-order valence-corrected chi connectivity index (χ1v) is 8.66. The van der Waals surface area contributed by atoms with E-state index < -0.39 is 5.60 Å². The number of hydrogen-bond donors (Lipinski definition) is 0. The molecule has 0 spiro atoms. The molecule has 2 amide bonds. The number of likely N-dealkylation sites (tertiary alicyclic amines) is 1. The zero-order valence-corrected chi connectivity index (χ0v) is 15.0. The van der Waals surface area contributed by atoms with Gasteiger partial charge in [-0.05, 0) is 39.5 Å². The number of carbonyl (C=O) groups excluding carboxylic acids is 2. The minimum atomic E-state index is -0.478. The molecule has 2 heterocycles. The average Bonchev–Trinajstić information content (AvgIpc) is 2.86. The van der Waals surface area contributed by atoms with E-state index in [4.69, 9.17) is 9.47 Å². The maximum absolute atomic E-state index is 12.1. The van der Waals surface area contributed by atoms with Crippen molar-refractivity contribution in [3.8, 4) is 0 Å². The number of amides is 2. The van der Waals surface area contributed by atoms with Crippen molar-refractivity contribution in [2.75, 3.05) is 19.7 Å². The quantitative estimate of drug-likeness (QED) is 0.799. The molecule has 6 heteroatoms. The maximum Gasteiger partial charge on any atom is 0.410 e. The SMILES string of the molecule is CC[C@H](C)[C@@H]1COC(=O)N1C1CCN(C(=O)OC(C)(C)C)CC1. The third-order valence-electron chi connectivity index (χ3n) is 4.76. The summed E-state index contributed by atoms with van der Waals surface area (Å²) in [5.41, 5.74) is -0.478. The molecule has 0 saturated carbocycles. The molecular weight excluding hydrogens is 296 g/mol. The van der Waals surface area contributed by atoms with Crippen molar-refractivity contribution in [3.63, 3.8) is 0 Å². The van der Waals surface area contributed by atoms with Crippen molar-refractivity contribution in [2.24, 2.45) is 5.92 Å². The minimum absolute atomic E-state index is 0.155. The molecule has 0 unspecified atom stereocenters. The maximum atomic E-state index is 12.1. The number of piperidine rings is 1. The van der Waals surface area contributed by atoms with Crippen LogP contribution in [0.4, 0.5) is 9.59 Å². The molecule has 6 nitrogen and oxygen atoms in total. The van der Waals surface area contributed by atoms with Crippen LogP contribution in [0.1, 0.15) is 53.9 Å². The summed E-state index contributed by atoms with van der Waals surface area (Å²) in [6.07, 6.45) is 2.11. The Balaban J connectivity index is 1.93. The van der Waals surface area contributed by atoms with Crippen molar-refractivity contribution in [1.29, 1.82) is 0 Å². The van der Waals surface area contributed by atoms with E-state index in [0.29, 0.717) is 25.6 Å². The van der Waals surface area contributed by atoms with Gasteiger partial charge in [0.25, 0.3) is 0 Å². The second-order valence-corrected chi connectivity index (χ2v) is 7.64. The molecule has 2 aliphatic heterocycles. The molecule has 0 aliphatic carbocycles. The van der Waals surface area contributed by atoms with Gasteiger partial charge in [0.15, 0.2) is 0 Å². The van der Waals surface area contributed by atoms with E-state index in [1.807, 2.05) is 25.7 Å². The highest BCUT2D eigenvalue weighted by molar-refractivity contribution is 5.71. The van der Waals surface area contributed by atoms with Crippen LogP contribution in [-0.4, -0.2) is 59.4 Å². The van der Waals surface area contributed by atoms with Gasteiger partial charge in [-0.2, -0.15) is 0 Å². The Morgan fingerprint density at radius 3 is 2.48 bits per heavy atom. The summed E-state index contributed by atoms with van der Waals surface area (Å²) in [5, 5.41) is 0. The monoisotopic (exact) mass is 326 g/mol. The molecule has 2 saturated heterocycles. The van der Waals surface area contributed by atoms with Crippen LogP contribution in [0, 0.1) is 5.92 Å². The molecule has 2 aliphatic rings. The summed E-state index contributed by atoms with van der Waals surface area (Å²) in [4.78, 5) is 27.9. The third-order valence-corrected chi connectivity index (χ3v) is 4.76. The molecule has 2 atom stereocenters. The summed E-state index contributed by atoms with van der Waals surface area (Å²) in [5.74, 6) is 0.422. The molecule has 0 aromatic heterocycles. The van der Waals surface area contributed by atoms with Crippen molar-refractivity contribution in [3.05, 3.63) is 0 Å². The summed E-state index contributed by atoms with van der Waals surface area (Å²) in [6.45, 7) is 11.6. The lowest BCUT2D eigenvalue weighted by atomic mass is 9.95. The molecule has 2 fully saturated rings. The van der Waals surface area contributed by atoms with Crippen LogP contribution in [0.15, 0.2) is 0 Å². The zero-order chi connectivity index (χ0) is 17.2. The van der Waals surface area contributed by atoms with Gasteiger partial charge in [-0.3, -0.25) is 4.90 Å². The van der Waals surface area contributed by atoms with Crippen LogP contribution in [0.3, 0.4) is 0 Å². The summed E-state index contributed by atoms with van der Waals surface area (Å²) in [7, 11) is 0. The number of rotatable bonds is 3. The Bertz CT molecular complexity index is 438. The molecule has 132 valence electrons. The van der Waals surface area contributed by atoms with Gasteiger partial charge in [-0.1, -0.05) is 20.3 Å². The Morgan fingerprint density at radius 2 is 1.96 bits per heavy atom. The van der Waals surface area contributed by atoms with Gasteiger partial charge in [0.2, 0.25) is 0 Å². The summed E-state index contributed by atoms with van der Waals surface area (Å²) < 4.78 is 10.7. The van der Waals surface area contributed by atoms with Crippen LogP contribution in [0.2, 0.25) is 0 Å². The highest BCUT2D eigenvalue weighted by Crippen LogP contribution is 2.29. The van der Waals surface area contributed by atoms with Crippen molar-refractivity contribution in [1.82, 2.24) is 9.80 Å². The van der Waals surface area contributed by atoms with E-state index in [1.165, 1.54) is 0 Å². The lowest BCUT2D eigenvalue weighted by Gasteiger charge is -2.39. The standard InChI is InChI=1S/C17H30N2O4/c1-6-12(2)14-11-22-16(21)19(14)13-7-9-18(10-8-13)15(20)23-17(3,4)5/h12-14H,6-11H2,1-5H3/t12-,14-/m0/s1. The Kier molecular flexibility index (Phi) is 5.42. The molecule has 23 heavy (non-hydrogen) atoms.